The van der Waals surface area contributed by atoms with E-state index >= 15 is 0 Å². The summed E-state index contributed by atoms with van der Waals surface area (Å²) in [6.45, 7) is 0.0952. The van der Waals surface area contributed by atoms with Gasteiger partial charge in [0.2, 0.25) is 15.9 Å². The molecule has 1 atom stereocenters. The molecule has 0 aromatic heterocycles. The summed E-state index contributed by atoms with van der Waals surface area (Å²) in [6.07, 6.45) is 0. The number of halogens is 3. The van der Waals surface area contributed by atoms with Crippen molar-refractivity contribution in [1.82, 2.24) is 9.21 Å². The molecule has 1 saturated heterocycles. The first-order valence-electron chi connectivity index (χ1n) is 7.26. The molecule has 1 aliphatic heterocycles. The van der Waals surface area contributed by atoms with Crippen molar-refractivity contribution in [3.8, 4) is 0 Å². The second-order valence-corrected chi connectivity index (χ2v) is 7.22. The van der Waals surface area contributed by atoms with Crippen molar-refractivity contribution in [1.29, 1.82) is 0 Å². The van der Waals surface area contributed by atoms with Gasteiger partial charge in [0, 0.05) is 33.3 Å². The van der Waals surface area contributed by atoms with E-state index in [4.69, 9.17) is 10.5 Å². The van der Waals surface area contributed by atoms with Crippen LogP contribution in [0.4, 0.5) is 8.78 Å². The van der Waals surface area contributed by atoms with Gasteiger partial charge in [0.1, 0.15) is 17.7 Å². The molecule has 2 rings (SSSR count). The number of piperazine rings is 1. The smallest absolute Gasteiger partial charge is 0.249 e. The number of hydrogen-bond acceptors (Lipinski definition) is 5. The number of sulfonamides is 1. The summed E-state index contributed by atoms with van der Waals surface area (Å²) in [4.78, 5) is 12.5. The SMILES string of the molecule is COCC(N)C(=O)N1CCN(S(=O)(=O)c2c(F)cccc2F)CC1.Cl. The number of amides is 1. The highest BCUT2D eigenvalue weighted by Gasteiger charge is 2.34. The van der Waals surface area contributed by atoms with Crippen molar-refractivity contribution in [2.24, 2.45) is 5.73 Å². The Bertz CT molecular complexity index is 692. The molecule has 0 aliphatic carbocycles. The number of methoxy groups -OCH3 is 1. The highest BCUT2D eigenvalue weighted by Crippen LogP contribution is 2.23. The van der Waals surface area contributed by atoms with Crippen LogP contribution in [0.2, 0.25) is 0 Å². The van der Waals surface area contributed by atoms with Crippen LogP contribution in [-0.2, 0) is 19.6 Å². The molecule has 0 radical (unpaired) electrons. The van der Waals surface area contributed by atoms with E-state index in [0.717, 1.165) is 22.5 Å². The minimum absolute atomic E-state index is 0. The fourth-order valence-corrected chi connectivity index (χ4v) is 4.02. The predicted octanol–water partition coefficient (Wildman–Crippen LogP) is 0.193. The van der Waals surface area contributed by atoms with Gasteiger partial charge in [0.15, 0.2) is 4.90 Å². The van der Waals surface area contributed by atoms with Crippen LogP contribution in [0.3, 0.4) is 0 Å². The number of nitrogens with two attached hydrogens (primary N) is 1. The molecule has 0 bridgehead atoms. The zero-order chi connectivity index (χ0) is 17.9. The Labute approximate surface area is 151 Å². The quantitative estimate of drug-likeness (QED) is 0.763. The van der Waals surface area contributed by atoms with Gasteiger partial charge >= 0.3 is 0 Å². The summed E-state index contributed by atoms with van der Waals surface area (Å²) in [5, 5.41) is 0. The third kappa shape index (κ3) is 4.64. The van der Waals surface area contributed by atoms with Crippen LogP contribution >= 0.6 is 12.4 Å². The van der Waals surface area contributed by atoms with Gasteiger partial charge in [-0.2, -0.15) is 4.31 Å². The van der Waals surface area contributed by atoms with Crippen molar-refractivity contribution in [2.75, 3.05) is 39.9 Å². The number of carbonyl (C=O) groups is 1. The van der Waals surface area contributed by atoms with Crippen molar-refractivity contribution >= 4 is 28.3 Å². The first kappa shape index (κ1) is 21.7. The molecule has 0 saturated carbocycles. The first-order chi connectivity index (χ1) is 11.3. The molecule has 2 N–H and O–H groups in total. The number of nitrogens with zero attached hydrogens (tertiary/aromatic N) is 2. The molecule has 1 heterocycles. The zero-order valence-electron chi connectivity index (χ0n) is 13.5. The maximum Gasteiger partial charge on any atom is 0.249 e. The second-order valence-electron chi connectivity index (χ2n) is 5.34. The number of hydrogen-bond donors (Lipinski definition) is 1. The van der Waals surface area contributed by atoms with Gasteiger partial charge in [-0.15, -0.1) is 12.4 Å². The first-order valence-corrected chi connectivity index (χ1v) is 8.70. The Morgan fingerprint density at radius 2 is 1.76 bits per heavy atom. The van der Waals surface area contributed by atoms with E-state index in [9.17, 15) is 22.0 Å². The Morgan fingerprint density at radius 1 is 1.24 bits per heavy atom. The fourth-order valence-electron chi connectivity index (χ4n) is 2.49. The summed E-state index contributed by atoms with van der Waals surface area (Å²) >= 11 is 0. The van der Waals surface area contributed by atoms with E-state index in [1.165, 1.54) is 12.0 Å². The van der Waals surface area contributed by atoms with Crippen molar-refractivity contribution in [3.05, 3.63) is 29.8 Å². The van der Waals surface area contributed by atoms with Crippen molar-refractivity contribution in [2.45, 2.75) is 10.9 Å². The molecular weight excluding hydrogens is 380 g/mol. The number of carbonyl (C=O) groups excluding carboxylic acids is 1. The second kappa shape index (κ2) is 8.86. The molecule has 11 heteroatoms. The van der Waals surface area contributed by atoms with Gasteiger partial charge in [-0.05, 0) is 12.1 Å². The summed E-state index contributed by atoms with van der Waals surface area (Å²) in [5.74, 6) is -2.64. The Hall–Kier alpha value is -1.33. The third-order valence-corrected chi connectivity index (χ3v) is 5.68. The Morgan fingerprint density at radius 3 is 2.24 bits per heavy atom. The summed E-state index contributed by atoms with van der Waals surface area (Å²) in [5.41, 5.74) is 5.66. The van der Waals surface area contributed by atoms with Gasteiger partial charge in [-0.25, -0.2) is 17.2 Å². The van der Waals surface area contributed by atoms with E-state index in [1.54, 1.807) is 0 Å². The maximum atomic E-state index is 13.8. The topological polar surface area (TPSA) is 92.9 Å². The summed E-state index contributed by atoms with van der Waals surface area (Å²) < 4.78 is 58.2. The van der Waals surface area contributed by atoms with Gasteiger partial charge < -0.3 is 15.4 Å². The normalized spacial score (nSPS) is 17.0. The van der Waals surface area contributed by atoms with Crippen molar-refractivity contribution < 1.29 is 26.7 Å². The lowest BCUT2D eigenvalue weighted by atomic mass is 10.2. The Balaban J connectivity index is 0.00000312. The highest BCUT2D eigenvalue weighted by molar-refractivity contribution is 7.89. The van der Waals surface area contributed by atoms with Crippen LogP contribution in [0.1, 0.15) is 0 Å². The third-order valence-electron chi connectivity index (χ3n) is 3.73. The van der Waals surface area contributed by atoms with E-state index in [0.29, 0.717) is 0 Å². The minimum Gasteiger partial charge on any atom is -0.383 e. The number of benzene rings is 1. The summed E-state index contributed by atoms with van der Waals surface area (Å²) in [7, 11) is -2.90. The average molecular weight is 400 g/mol. The monoisotopic (exact) mass is 399 g/mol. The molecule has 142 valence electrons. The molecule has 1 aromatic carbocycles. The van der Waals surface area contributed by atoms with Gasteiger partial charge in [-0.1, -0.05) is 6.07 Å². The van der Waals surface area contributed by atoms with Crippen LogP contribution in [0.5, 0.6) is 0 Å². The minimum atomic E-state index is -4.31. The average Bonchev–Trinajstić information content (AvgIpc) is 2.54. The van der Waals surface area contributed by atoms with E-state index < -0.39 is 32.6 Å². The predicted molar refractivity (Wildman–Crippen MR) is 88.8 cm³/mol. The van der Waals surface area contributed by atoms with E-state index in [2.05, 4.69) is 0 Å². The van der Waals surface area contributed by atoms with Crippen LogP contribution < -0.4 is 5.73 Å². The lowest BCUT2D eigenvalue weighted by Gasteiger charge is -2.35. The fraction of sp³-hybridized carbons (Fsp3) is 0.500. The maximum absolute atomic E-state index is 13.8. The molecule has 1 aliphatic rings. The van der Waals surface area contributed by atoms with Gasteiger partial charge in [0.05, 0.1) is 6.61 Å². The number of ether oxygens (including phenoxy) is 1. The van der Waals surface area contributed by atoms with Gasteiger partial charge in [-0.3, -0.25) is 4.79 Å². The van der Waals surface area contributed by atoms with Crippen LogP contribution in [0.15, 0.2) is 23.1 Å². The molecule has 0 spiro atoms. The largest absolute Gasteiger partial charge is 0.383 e. The lowest BCUT2D eigenvalue weighted by molar-refractivity contribution is -0.134. The molecule has 25 heavy (non-hydrogen) atoms. The van der Waals surface area contributed by atoms with Crippen LogP contribution in [-0.4, -0.2) is 69.5 Å². The van der Waals surface area contributed by atoms with Gasteiger partial charge in [0.25, 0.3) is 0 Å². The standard InChI is InChI=1S/C14H19F2N3O4S.ClH/c1-23-9-12(17)14(20)18-5-7-19(8-6-18)24(21,22)13-10(15)3-2-4-11(13)16;/h2-4,12H,5-9,17H2,1H3;1H. The molecule has 1 amide bonds. The van der Waals surface area contributed by atoms with Crippen LogP contribution in [0, 0.1) is 11.6 Å². The zero-order valence-corrected chi connectivity index (χ0v) is 15.2. The van der Waals surface area contributed by atoms with E-state index in [1.807, 2.05) is 0 Å². The summed E-state index contributed by atoms with van der Waals surface area (Å²) in [6, 6.07) is 2.04. The molecule has 1 aromatic rings. The van der Waals surface area contributed by atoms with Crippen LogP contribution in [0.25, 0.3) is 0 Å². The highest BCUT2D eigenvalue weighted by atomic mass is 35.5. The molecule has 7 nitrogen and oxygen atoms in total. The molecular formula is C14H20ClF2N3O4S. The Kier molecular flexibility index (Phi) is 7.69. The lowest BCUT2D eigenvalue weighted by Crippen LogP contribution is -2.55. The molecule has 1 unspecified atom stereocenters. The van der Waals surface area contributed by atoms with E-state index in [-0.39, 0.29) is 51.1 Å². The number of rotatable bonds is 5. The van der Waals surface area contributed by atoms with Crippen molar-refractivity contribution in [3.63, 3.8) is 0 Å². The molecule has 1 fully saturated rings.